The van der Waals surface area contributed by atoms with Gasteiger partial charge in [0.15, 0.2) is 0 Å². The molecule has 1 atom stereocenters. The van der Waals surface area contributed by atoms with Gasteiger partial charge in [-0.25, -0.2) is 0 Å². The van der Waals surface area contributed by atoms with Gasteiger partial charge >= 0.3 is 0 Å². The van der Waals surface area contributed by atoms with Crippen LogP contribution in [0.15, 0.2) is 0 Å². The molecule has 0 heterocycles. The zero-order chi connectivity index (χ0) is 5.70. The smallest absolute Gasteiger partial charge is 0.0457 e. The quantitative estimate of drug-likeness (QED) is 0.613. The van der Waals surface area contributed by atoms with Crippen molar-refractivity contribution in [1.29, 1.82) is 0 Å². The van der Waals surface area contributed by atoms with Gasteiger partial charge in [0.05, 0.1) is 0 Å². The number of hydrogen-bond donors (Lipinski definition) is 2. The Hall–Kier alpha value is -0.0800. The summed E-state index contributed by atoms with van der Waals surface area (Å²) in [5.74, 6) is 0.255. The van der Waals surface area contributed by atoms with Crippen molar-refractivity contribution in [3.63, 3.8) is 0 Å². The van der Waals surface area contributed by atoms with E-state index < -0.39 is 0 Å². The summed E-state index contributed by atoms with van der Waals surface area (Å²) in [4.78, 5) is 0. The van der Waals surface area contributed by atoms with Gasteiger partial charge in [0.25, 0.3) is 0 Å². The molecule has 60 valence electrons. The number of aliphatic hydroxyl groups excluding tert-OH is 2. The Bertz CT molecular complexity index is 37.9. The molecule has 0 spiro atoms. The summed E-state index contributed by atoms with van der Waals surface area (Å²) in [6, 6.07) is 0. The minimum Gasteiger partial charge on any atom is -0.396 e. The Kier molecular flexibility index (Phi) is 19.2. The fourth-order valence-electron chi connectivity index (χ4n) is 0.312. The molecule has 9 heavy (non-hydrogen) atoms. The van der Waals surface area contributed by atoms with Crippen molar-refractivity contribution >= 4 is 0 Å². The predicted molar refractivity (Wildman–Crippen MR) is 41.4 cm³/mol. The molecule has 2 nitrogen and oxygen atoms in total. The summed E-state index contributed by atoms with van der Waals surface area (Å²) in [6.07, 6.45) is 0.705. The molecule has 0 fully saturated rings. The Balaban J connectivity index is -0.000000180. The van der Waals surface area contributed by atoms with Crippen LogP contribution in [0.4, 0.5) is 0 Å². The largest absolute Gasteiger partial charge is 0.396 e. The monoisotopic (exact) mass is 136 g/mol. The van der Waals surface area contributed by atoms with E-state index in [1.54, 1.807) is 0 Å². The minimum absolute atomic E-state index is 0. The lowest BCUT2D eigenvalue weighted by Crippen LogP contribution is -2.01. The van der Waals surface area contributed by atoms with Gasteiger partial charge in [-0.1, -0.05) is 21.8 Å². The second-order valence-electron chi connectivity index (χ2n) is 1.80. The fraction of sp³-hybridized carbons (Fsp3) is 1.00. The van der Waals surface area contributed by atoms with Crippen molar-refractivity contribution in [3.8, 4) is 0 Å². The maximum atomic E-state index is 8.35. The van der Waals surface area contributed by atoms with Crippen LogP contribution in [0.5, 0.6) is 0 Å². The van der Waals surface area contributed by atoms with E-state index in [1.165, 1.54) is 0 Å². The van der Waals surface area contributed by atoms with E-state index in [9.17, 15) is 0 Å². The van der Waals surface area contributed by atoms with Crippen molar-refractivity contribution in [2.45, 2.75) is 28.2 Å². The standard InChI is InChI=1S/C5H12O2.2CH4/c1-5(4-7)2-3-6;;/h5-7H,2-4H2,1H3;2*1H4. The molecule has 0 aromatic heterocycles. The molecule has 2 heteroatoms. The Labute approximate surface area is 58.5 Å². The highest BCUT2D eigenvalue weighted by Gasteiger charge is 1.94. The highest BCUT2D eigenvalue weighted by Crippen LogP contribution is 1.96. The van der Waals surface area contributed by atoms with Gasteiger partial charge in [-0.3, -0.25) is 0 Å². The van der Waals surface area contributed by atoms with Crippen molar-refractivity contribution in [3.05, 3.63) is 0 Å². The first kappa shape index (κ1) is 16.0. The van der Waals surface area contributed by atoms with Gasteiger partial charge in [-0.2, -0.15) is 0 Å². The molecule has 0 aliphatic carbocycles. The summed E-state index contributed by atoms with van der Waals surface area (Å²) in [6.45, 7) is 2.26. The average Bonchev–Trinajstić information content (AvgIpc) is 1.68. The lowest BCUT2D eigenvalue weighted by Gasteiger charge is -2.01. The van der Waals surface area contributed by atoms with Gasteiger partial charge in [0.1, 0.15) is 0 Å². The van der Waals surface area contributed by atoms with Crippen LogP contribution in [0.25, 0.3) is 0 Å². The normalized spacial score (nSPS) is 11.0. The first-order valence-corrected chi connectivity index (χ1v) is 2.53. The molecular weight excluding hydrogens is 116 g/mol. The molecule has 0 aromatic carbocycles. The first-order valence-electron chi connectivity index (χ1n) is 2.53. The van der Waals surface area contributed by atoms with Gasteiger partial charge in [0.2, 0.25) is 0 Å². The van der Waals surface area contributed by atoms with Crippen molar-refractivity contribution in [2.24, 2.45) is 5.92 Å². The average molecular weight is 136 g/mol. The summed E-state index contributed by atoms with van der Waals surface area (Å²) in [5.41, 5.74) is 0. The van der Waals surface area contributed by atoms with E-state index in [2.05, 4.69) is 0 Å². The second-order valence-corrected chi connectivity index (χ2v) is 1.80. The molecular formula is C7H20O2. The topological polar surface area (TPSA) is 40.5 Å². The third-order valence-corrected chi connectivity index (χ3v) is 0.934. The lowest BCUT2D eigenvalue weighted by molar-refractivity contribution is 0.194. The number of aliphatic hydroxyl groups is 2. The van der Waals surface area contributed by atoms with Crippen LogP contribution in [-0.4, -0.2) is 23.4 Å². The molecule has 2 N–H and O–H groups in total. The SMILES string of the molecule is C.C.CC(CO)CCO. The molecule has 0 rings (SSSR count). The molecule has 0 amide bonds. The van der Waals surface area contributed by atoms with E-state index in [-0.39, 0.29) is 34.0 Å². The maximum Gasteiger partial charge on any atom is 0.0457 e. The van der Waals surface area contributed by atoms with Gasteiger partial charge in [-0.15, -0.1) is 0 Å². The Morgan fingerprint density at radius 1 is 1.22 bits per heavy atom. The lowest BCUT2D eigenvalue weighted by atomic mass is 10.1. The summed E-state index contributed by atoms with van der Waals surface area (Å²) in [7, 11) is 0. The summed E-state index contributed by atoms with van der Waals surface area (Å²) in [5, 5.41) is 16.6. The Morgan fingerprint density at radius 3 is 1.78 bits per heavy atom. The van der Waals surface area contributed by atoms with Crippen molar-refractivity contribution in [2.75, 3.05) is 13.2 Å². The molecule has 0 radical (unpaired) electrons. The van der Waals surface area contributed by atoms with Crippen LogP contribution < -0.4 is 0 Å². The number of rotatable bonds is 3. The van der Waals surface area contributed by atoms with Crippen LogP contribution in [-0.2, 0) is 0 Å². The molecule has 0 aromatic rings. The van der Waals surface area contributed by atoms with Gasteiger partial charge < -0.3 is 10.2 Å². The molecule has 0 aliphatic heterocycles. The predicted octanol–water partition coefficient (Wildman–Crippen LogP) is 1.27. The number of hydrogen-bond acceptors (Lipinski definition) is 2. The summed E-state index contributed by atoms with van der Waals surface area (Å²) >= 11 is 0. The van der Waals surface area contributed by atoms with Crippen molar-refractivity contribution in [1.82, 2.24) is 0 Å². The van der Waals surface area contributed by atoms with E-state index in [0.29, 0.717) is 6.42 Å². The first-order chi connectivity index (χ1) is 3.31. The van der Waals surface area contributed by atoms with Gasteiger partial charge in [-0.05, 0) is 12.3 Å². The van der Waals surface area contributed by atoms with Crippen molar-refractivity contribution < 1.29 is 10.2 Å². The molecule has 0 saturated heterocycles. The van der Waals surface area contributed by atoms with Crippen LogP contribution in [0.1, 0.15) is 28.2 Å². The zero-order valence-electron chi connectivity index (χ0n) is 4.59. The Morgan fingerprint density at radius 2 is 1.67 bits per heavy atom. The third kappa shape index (κ3) is 11.5. The maximum absolute atomic E-state index is 8.35. The highest BCUT2D eigenvalue weighted by atomic mass is 16.3. The zero-order valence-corrected chi connectivity index (χ0v) is 4.59. The minimum atomic E-state index is 0. The van der Waals surface area contributed by atoms with E-state index in [1.807, 2.05) is 6.92 Å². The molecule has 0 bridgehead atoms. The third-order valence-electron chi connectivity index (χ3n) is 0.934. The molecule has 0 aliphatic rings. The summed E-state index contributed by atoms with van der Waals surface area (Å²) < 4.78 is 0. The molecule has 0 saturated carbocycles. The fourth-order valence-corrected chi connectivity index (χ4v) is 0.312. The molecule has 1 unspecified atom stereocenters. The van der Waals surface area contributed by atoms with Crippen LogP contribution in [0.3, 0.4) is 0 Å². The second kappa shape index (κ2) is 10.8. The highest BCUT2D eigenvalue weighted by molar-refractivity contribution is 4.45. The van der Waals surface area contributed by atoms with Gasteiger partial charge in [0, 0.05) is 13.2 Å². The van der Waals surface area contributed by atoms with Crippen LogP contribution in [0, 0.1) is 5.92 Å². The van der Waals surface area contributed by atoms with E-state index in [4.69, 9.17) is 10.2 Å². The van der Waals surface area contributed by atoms with Crippen LogP contribution in [0.2, 0.25) is 0 Å². The van der Waals surface area contributed by atoms with Crippen LogP contribution >= 0.6 is 0 Å². The van der Waals surface area contributed by atoms with E-state index in [0.717, 1.165) is 0 Å². The van der Waals surface area contributed by atoms with E-state index >= 15 is 0 Å².